The molecule has 0 aromatic carbocycles. The molecule has 0 aromatic heterocycles. The van der Waals surface area contributed by atoms with Crippen molar-refractivity contribution in [2.24, 2.45) is 11.7 Å². The maximum atomic E-state index is 11.3. The minimum Gasteiger partial charge on any atom is -0.396 e. The lowest BCUT2D eigenvalue weighted by Gasteiger charge is -2.26. The Kier molecular flexibility index (Phi) is 6.96. The average molecular weight is 234 g/mol. The zero-order valence-electron chi connectivity index (χ0n) is 9.75. The second-order valence-electron chi connectivity index (χ2n) is 4.03. The highest BCUT2D eigenvalue weighted by atomic mass is 32.2. The van der Waals surface area contributed by atoms with E-state index in [0.717, 1.165) is 12.3 Å². The summed E-state index contributed by atoms with van der Waals surface area (Å²) in [4.78, 5) is 11.3. The van der Waals surface area contributed by atoms with E-state index in [1.807, 2.05) is 20.8 Å². The standard InChI is InChI=1S/C10H22N2O2S/c1-4-12-10(3,9(11)14)7-15-6-8(2)5-13/h8,12-13H,4-7H2,1-3H3,(H2,11,14). The Morgan fingerprint density at radius 3 is 2.67 bits per heavy atom. The molecule has 4 nitrogen and oxygen atoms in total. The number of rotatable bonds is 8. The van der Waals surface area contributed by atoms with Crippen LogP contribution in [-0.4, -0.2) is 41.2 Å². The van der Waals surface area contributed by atoms with Gasteiger partial charge in [-0.3, -0.25) is 4.79 Å². The molecule has 0 aliphatic carbocycles. The number of carbonyl (C=O) groups excluding carboxylic acids is 1. The SMILES string of the molecule is CCNC(C)(CSCC(C)CO)C(N)=O. The highest BCUT2D eigenvalue weighted by molar-refractivity contribution is 7.99. The van der Waals surface area contributed by atoms with Gasteiger partial charge in [-0.05, 0) is 25.1 Å². The number of likely N-dealkylation sites (N-methyl/N-ethyl adjacent to an activating group) is 1. The fourth-order valence-electron chi connectivity index (χ4n) is 1.12. The molecule has 0 bridgehead atoms. The van der Waals surface area contributed by atoms with Crippen LogP contribution in [-0.2, 0) is 4.79 Å². The number of nitrogens with two attached hydrogens (primary N) is 1. The molecule has 0 rings (SSSR count). The van der Waals surface area contributed by atoms with Gasteiger partial charge in [0.05, 0.1) is 0 Å². The first kappa shape index (κ1) is 14.7. The van der Waals surface area contributed by atoms with Crippen LogP contribution >= 0.6 is 11.8 Å². The van der Waals surface area contributed by atoms with Gasteiger partial charge in [-0.15, -0.1) is 0 Å². The predicted molar refractivity (Wildman–Crippen MR) is 64.9 cm³/mol. The largest absolute Gasteiger partial charge is 0.396 e. The van der Waals surface area contributed by atoms with Gasteiger partial charge < -0.3 is 16.2 Å². The van der Waals surface area contributed by atoms with Crippen LogP contribution in [0.25, 0.3) is 0 Å². The summed E-state index contributed by atoms with van der Waals surface area (Å²) in [6.07, 6.45) is 0. The van der Waals surface area contributed by atoms with E-state index >= 15 is 0 Å². The number of nitrogens with one attached hydrogen (secondary N) is 1. The molecule has 0 aromatic rings. The third kappa shape index (κ3) is 5.39. The van der Waals surface area contributed by atoms with Crippen molar-refractivity contribution in [3.63, 3.8) is 0 Å². The lowest BCUT2D eigenvalue weighted by molar-refractivity contribution is -0.122. The second kappa shape index (κ2) is 7.09. The van der Waals surface area contributed by atoms with Crippen LogP contribution in [0.2, 0.25) is 0 Å². The zero-order chi connectivity index (χ0) is 11.9. The van der Waals surface area contributed by atoms with E-state index in [1.54, 1.807) is 11.8 Å². The van der Waals surface area contributed by atoms with Crippen molar-refractivity contribution in [3.8, 4) is 0 Å². The van der Waals surface area contributed by atoms with Crippen LogP contribution < -0.4 is 11.1 Å². The molecule has 90 valence electrons. The van der Waals surface area contributed by atoms with Crippen LogP contribution in [0.15, 0.2) is 0 Å². The van der Waals surface area contributed by atoms with Crippen LogP contribution in [0.5, 0.6) is 0 Å². The van der Waals surface area contributed by atoms with E-state index < -0.39 is 5.54 Å². The first-order chi connectivity index (χ1) is 6.96. The maximum absolute atomic E-state index is 11.3. The quantitative estimate of drug-likeness (QED) is 0.561. The van der Waals surface area contributed by atoms with Crippen LogP contribution in [0, 0.1) is 5.92 Å². The van der Waals surface area contributed by atoms with Crippen molar-refractivity contribution in [2.45, 2.75) is 26.3 Å². The van der Waals surface area contributed by atoms with Crippen molar-refractivity contribution >= 4 is 17.7 Å². The van der Waals surface area contributed by atoms with Gasteiger partial charge >= 0.3 is 0 Å². The Bertz CT molecular complexity index is 202. The smallest absolute Gasteiger partial charge is 0.238 e. The van der Waals surface area contributed by atoms with Gasteiger partial charge in [0.1, 0.15) is 5.54 Å². The van der Waals surface area contributed by atoms with Gasteiger partial charge in [0.25, 0.3) is 0 Å². The van der Waals surface area contributed by atoms with Gasteiger partial charge in [0.15, 0.2) is 0 Å². The molecule has 0 saturated carbocycles. The molecule has 0 heterocycles. The molecule has 0 fully saturated rings. The highest BCUT2D eigenvalue weighted by Crippen LogP contribution is 2.15. The number of thioether (sulfide) groups is 1. The Hall–Kier alpha value is -0.260. The first-order valence-corrected chi connectivity index (χ1v) is 6.35. The Morgan fingerprint density at radius 2 is 2.27 bits per heavy atom. The molecule has 0 spiro atoms. The molecule has 15 heavy (non-hydrogen) atoms. The fraction of sp³-hybridized carbons (Fsp3) is 0.900. The molecule has 0 saturated heterocycles. The maximum Gasteiger partial charge on any atom is 0.238 e. The number of primary amides is 1. The van der Waals surface area contributed by atoms with E-state index in [-0.39, 0.29) is 18.4 Å². The average Bonchev–Trinajstić information content (AvgIpc) is 2.17. The topological polar surface area (TPSA) is 75.3 Å². The van der Waals surface area contributed by atoms with Crippen molar-refractivity contribution in [1.29, 1.82) is 0 Å². The Morgan fingerprint density at radius 1 is 1.67 bits per heavy atom. The fourth-order valence-corrected chi connectivity index (χ4v) is 2.39. The number of carbonyl (C=O) groups is 1. The summed E-state index contributed by atoms with van der Waals surface area (Å²) >= 11 is 1.64. The predicted octanol–water partition coefficient (Wildman–Crippen LogP) is 0.202. The monoisotopic (exact) mass is 234 g/mol. The third-order valence-corrected chi connectivity index (χ3v) is 3.80. The lowest BCUT2D eigenvalue weighted by atomic mass is 10.1. The van der Waals surface area contributed by atoms with Crippen molar-refractivity contribution in [2.75, 3.05) is 24.7 Å². The third-order valence-electron chi connectivity index (χ3n) is 2.22. The minimum absolute atomic E-state index is 0.182. The molecule has 1 amide bonds. The summed E-state index contributed by atoms with van der Waals surface area (Å²) in [7, 11) is 0. The van der Waals surface area contributed by atoms with Crippen LogP contribution in [0.1, 0.15) is 20.8 Å². The summed E-state index contributed by atoms with van der Waals surface area (Å²) in [6, 6.07) is 0. The number of aliphatic hydroxyl groups is 1. The summed E-state index contributed by atoms with van der Waals surface area (Å²) in [5.74, 6) is 1.41. The highest BCUT2D eigenvalue weighted by Gasteiger charge is 2.29. The van der Waals surface area contributed by atoms with Crippen LogP contribution in [0.3, 0.4) is 0 Å². The summed E-state index contributed by atoms with van der Waals surface area (Å²) < 4.78 is 0. The molecule has 4 N–H and O–H groups in total. The number of hydrogen-bond acceptors (Lipinski definition) is 4. The van der Waals surface area contributed by atoms with Gasteiger partial charge in [-0.1, -0.05) is 13.8 Å². The van der Waals surface area contributed by atoms with Gasteiger partial charge in [-0.2, -0.15) is 11.8 Å². The van der Waals surface area contributed by atoms with E-state index in [1.165, 1.54) is 0 Å². The van der Waals surface area contributed by atoms with E-state index in [2.05, 4.69) is 5.32 Å². The Balaban J connectivity index is 4.02. The molecule has 5 heteroatoms. The molecular weight excluding hydrogens is 212 g/mol. The van der Waals surface area contributed by atoms with Gasteiger partial charge in [0.2, 0.25) is 5.91 Å². The molecular formula is C10H22N2O2S. The molecule has 2 atom stereocenters. The second-order valence-corrected chi connectivity index (χ2v) is 5.06. The van der Waals surface area contributed by atoms with Gasteiger partial charge in [0, 0.05) is 12.4 Å². The minimum atomic E-state index is -0.644. The van der Waals surface area contributed by atoms with Crippen LogP contribution in [0.4, 0.5) is 0 Å². The number of aliphatic hydroxyl groups excluding tert-OH is 1. The molecule has 2 unspecified atom stereocenters. The summed E-state index contributed by atoms with van der Waals surface area (Å²) in [5, 5.41) is 11.9. The first-order valence-electron chi connectivity index (χ1n) is 5.19. The van der Waals surface area contributed by atoms with Crippen molar-refractivity contribution < 1.29 is 9.90 Å². The number of hydrogen-bond donors (Lipinski definition) is 3. The van der Waals surface area contributed by atoms with Crippen molar-refractivity contribution in [3.05, 3.63) is 0 Å². The van der Waals surface area contributed by atoms with E-state index in [4.69, 9.17) is 10.8 Å². The molecule has 0 aliphatic heterocycles. The summed E-state index contributed by atoms with van der Waals surface area (Å²) in [6.45, 7) is 6.64. The van der Waals surface area contributed by atoms with E-state index in [0.29, 0.717) is 5.75 Å². The summed E-state index contributed by atoms with van der Waals surface area (Å²) in [5.41, 5.74) is 4.70. The zero-order valence-corrected chi connectivity index (χ0v) is 10.6. The Labute approximate surface area is 96.0 Å². The molecule has 0 radical (unpaired) electrons. The molecule has 0 aliphatic rings. The van der Waals surface area contributed by atoms with Gasteiger partial charge in [-0.25, -0.2) is 0 Å². The lowest BCUT2D eigenvalue weighted by Crippen LogP contribution is -2.55. The van der Waals surface area contributed by atoms with Crippen molar-refractivity contribution in [1.82, 2.24) is 5.32 Å². The number of amides is 1. The normalized spacial score (nSPS) is 17.1. The van der Waals surface area contributed by atoms with E-state index in [9.17, 15) is 4.79 Å².